The molecule has 4 nitrogen and oxygen atoms in total. The average Bonchev–Trinajstić information content (AvgIpc) is 2.41. The number of rotatable bonds is 1. The maximum Gasteiger partial charge on any atom is 0.355 e. The van der Waals surface area contributed by atoms with Crippen LogP contribution >= 0.6 is 15.9 Å². The molecule has 1 aliphatic heterocycles. The molecule has 0 spiro atoms. The Hall–Kier alpha value is -2.01. The van der Waals surface area contributed by atoms with Crippen LogP contribution in [0.2, 0.25) is 0 Å². The molecule has 0 fully saturated rings. The van der Waals surface area contributed by atoms with Crippen LogP contribution in [0, 0.1) is 5.92 Å². The van der Waals surface area contributed by atoms with Gasteiger partial charge >= 0.3 is 6.03 Å². The number of allylic oxidation sites excluding steroid dienone is 3. The Morgan fingerprint density at radius 2 is 1.84 bits per heavy atom. The van der Waals surface area contributed by atoms with Crippen LogP contribution in [-0.4, -0.2) is 17.6 Å². The van der Waals surface area contributed by atoms with Gasteiger partial charge in [-0.05, 0) is 24.3 Å². The van der Waals surface area contributed by atoms with E-state index in [1.807, 2.05) is 6.07 Å². The van der Waals surface area contributed by atoms with Crippen LogP contribution < -0.4 is 4.90 Å². The monoisotopic (exact) mass is 316 g/mol. The molecular formula is C14H9BrN2O2. The predicted molar refractivity (Wildman–Crippen MR) is 76.4 cm³/mol. The second kappa shape index (κ2) is 4.59. The minimum atomic E-state index is -0.543. The Labute approximate surface area is 118 Å². The van der Waals surface area contributed by atoms with E-state index in [-0.39, 0.29) is 5.91 Å². The fraction of sp³-hybridized carbons (Fsp3) is 0.0714. The third-order valence-electron chi connectivity index (χ3n) is 2.97. The molecule has 1 aromatic rings. The van der Waals surface area contributed by atoms with Gasteiger partial charge < -0.3 is 0 Å². The number of hydrogen-bond acceptors (Lipinski definition) is 2. The van der Waals surface area contributed by atoms with Crippen molar-refractivity contribution in [1.82, 2.24) is 0 Å². The fourth-order valence-electron chi connectivity index (χ4n) is 2.08. The molecule has 19 heavy (non-hydrogen) atoms. The molecule has 1 aromatic carbocycles. The highest BCUT2D eigenvalue weighted by Crippen LogP contribution is 2.27. The molecule has 1 atom stereocenters. The molecule has 0 saturated carbocycles. The Kier molecular flexibility index (Phi) is 2.91. The molecule has 94 valence electrons. The van der Waals surface area contributed by atoms with Gasteiger partial charge in [-0.15, -0.1) is 0 Å². The van der Waals surface area contributed by atoms with Gasteiger partial charge in [-0.1, -0.05) is 40.2 Å². The number of fused-ring (bicyclic) bond motifs is 1. The van der Waals surface area contributed by atoms with Gasteiger partial charge in [0, 0.05) is 4.48 Å². The average molecular weight is 317 g/mol. The third-order valence-corrected chi connectivity index (χ3v) is 3.50. The van der Waals surface area contributed by atoms with E-state index < -0.39 is 11.9 Å². The van der Waals surface area contributed by atoms with Gasteiger partial charge in [0.15, 0.2) is 0 Å². The van der Waals surface area contributed by atoms with Crippen molar-refractivity contribution in [3.8, 4) is 0 Å². The molecule has 0 aromatic heterocycles. The summed E-state index contributed by atoms with van der Waals surface area (Å²) in [6.07, 6.45) is 5.21. The number of benzene rings is 1. The van der Waals surface area contributed by atoms with E-state index in [1.54, 1.807) is 42.5 Å². The molecule has 0 radical (unpaired) electrons. The summed E-state index contributed by atoms with van der Waals surface area (Å²) in [5, 5.41) is 0. The number of carbonyl (C=O) groups excluding carboxylic acids is 2. The number of hydrogen-bond donors (Lipinski definition) is 0. The summed E-state index contributed by atoms with van der Waals surface area (Å²) in [4.78, 5) is 29.5. The molecule has 1 unspecified atom stereocenters. The SMILES string of the molecule is O=C1N=C2C=CC(Br)=CC2C(=O)N1c1ccccc1. The Morgan fingerprint density at radius 1 is 1.11 bits per heavy atom. The Balaban J connectivity index is 2.06. The molecule has 3 amide bonds. The van der Waals surface area contributed by atoms with E-state index in [9.17, 15) is 9.59 Å². The molecule has 3 rings (SSSR count). The quantitative estimate of drug-likeness (QED) is 0.799. The zero-order valence-corrected chi connectivity index (χ0v) is 11.4. The van der Waals surface area contributed by atoms with E-state index in [0.29, 0.717) is 11.4 Å². The number of amides is 3. The topological polar surface area (TPSA) is 49.7 Å². The molecule has 5 heteroatoms. The van der Waals surface area contributed by atoms with Crippen LogP contribution in [0.15, 0.2) is 58.0 Å². The summed E-state index contributed by atoms with van der Waals surface area (Å²) in [6, 6.07) is 8.28. The molecule has 0 bridgehead atoms. The normalized spacial score (nSPS) is 21.9. The molecule has 0 N–H and O–H groups in total. The van der Waals surface area contributed by atoms with Crippen LogP contribution in [0.3, 0.4) is 0 Å². The molecule has 0 saturated heterocycles. The van der Waals surface area contributed by atoms with Crippen LogP contribution in [-0.2, 0) is 4.79 Å². The summed E-state index contributed by atoms with van der Waals surface area (Å²) < 4.78 is 0.812. The standard InChI is InChI=1S/C14H9BrN2O2/c15-9-6-7-12-11(8-9)13(18)17(14(19)16-12)10-4-2-1-3-5-10/h1-8,11H. The lowest BCUT2D eigenvalue weighted by Crippen LogP contribution is -2.46. The number of nitrogens with zero attached hydrogens (tertiary/aromatic N) is 2. The summed E-state index contributed by atoms with van der Waals surface area (Å²) >= 11 is 3.33. The first kappa shape index (κ1) is 12.0. The Bertz CT molecular complexity index is 647. The van der Waals surface area contributed by atoms with Crippen molar-refractivity contribution in [2.45, 2.75) is 0 Å². The van der Waals surface area contributed by atoms with E-state index in [0.717, 1.165) is 9.38 Å². The van der Waals surface area contributed by atoms with Crippen molar-refractivity contribution in [1.29, 1.82) is 0 Å². The highest BCUT2D eigenvalue weighted by Gasteiger charge is 2.37. The second-order valence-corrected chi connectivity index (χ2v) is 5.11. The summed E-state index contributed by atoms with van der Waals surface area (Å²) in [5.41, 5.74) is 1.03. The lowest BCUT2D eigenvalue weighted by Gasteiger charge is -2.28. The molecule has 1 aliphatic carbocycles. The number of para-hydroxylation sites is 1. The van der Waals surface area contributed by atoms with Gasteiger partial charge in [0.05, 0.1) is 11.4 Å². The number of imide groups is 1. The first-order valence-corrected chi connectivity index (χ1v) is 6.53. The first-order valence-electron chi connectivity index (χ1n) is 5.74. The molecule has 2 aliphatic rings. The maximum absolute atomic E-state index is 12.4. The number of urea groups is 1. The van der Waals surface area contributed by atoms with Crippen LogP contribution in [0.1, 0.15) is 0 Å². The number of halogens is 1. The lowest BCUT2D eigenvalue weighted by molar-refractivity contribution is -0.118. The maximum atomic E-state index is 12.4. The number of aliphatic imine (C=N–C) groups is 1. The van der Waals surface area contributed by atoms with Gasteiger partial charge in [0.25, 0.3) is 0 Å². The summed E-state index contributed by atoms with van der Waals surface area (Å²) in [6.45, 7) is 0. The van der Waals surface area contributed by atoms with Crippen molar-refractivity contribution in [3.63, 3.8) is 0 Å². The summed E-state index contributed by atoms with van der Waals surface area (Å²) in [5.74, 6) is -0.778. The first-order chi connectivity index (χ1) is 9.16. The van der Waals surface area contributed by atoms with Crippen molar-refractivity contribution >= 4 is 39.3 Å². The fourth-order valence-corrected chi connectivity index (χ4v) is 2.48. The van der Waals surface area contributed by atoms with Crippen LogP contribution in [0.25, 0.3) is 0 Å². The van der Waals surface area contributed by atoms with Crippen molar-refractivity contribution in [3.05, 3.63) is 53.0 Å². The van der Waals surface area contributed by atoms with Gasteiger partial charge in [0.2, 0.25) is 5.91 Å². The van der Waals surface area contributed by atoms with Gasteiger partial charge in [-0.2, -0.15) is 4.99 Å². The second-order valence-electron chi connectivity index (χ2n) is 4.19. The van der Waals surface area contributed by atoms with E-state index in [1.165, 1.54) is 0 Å². The number of anilines is 1. The van der Waals surface area contributed by atoms with Crippen molar-refractivity contribution < 1.29 is 9.59 Å². The van der Waals surface area contributed by atoms with Crippen LogP contribution in [0.5, 0.6) is 0 Å². The van der Waals surface area contributed by atoms with Gasteiger partial charge in [0.1, 0.15) is 5.92 Å². The largest absolute Gasteiger partial charge is 0.355 e. The minimum absolute atomic E-state index is 0.275. The third kappa shape index (κ3) is 2.06. The van der Waals surface area contributed by atoms with E-state index in [2.05, 4.69) is 20.9 Å². The lowest BCUT2D eigenvalue weighted by atomic mass is 9.95. The van der Waals surface area contributed by atoms with Crippen LogP contribution in [0.4, 0.5) is 10.5 Å². The predicted octanol–water partition coefficient (Wildman–Crippen LogP) is 3.06. The van der Waals surface area contributed by atoms with E-state index in [4.69, 9.17) is 0 Å². The zero-order valence-electron chi connectivity index (χ0n) is 9.79. The highest BCUT2D eigenvalue weighted by atomic mass is 79.9. The van der Waals surface area contributed by atoms with Gasteiger partial charge in [-0.3, -0.25) is 4.79 Å². The minimum Gasteiger partial charge on any atom is -0.273 e. The zero-order chi connectivity index (χ0) is 13.4. The summed E-state index contributed by atoms with van der Waals surface area (Å²) in [7, 11) is 0. The number of carbonyl (C=O) groups is 2. The molecular weight excluding hydrogens is 308 g/mol. The Morgan fingerprint density at radius 3 is 2.58 bits per heavy atom. The van der Waals surface area contributed by atoms with E-state index >= 15 is 0 Å². The van der Waals surface area contributed by atoms with Crippen molar-refractivity contribution in [2.75, 3.05) is 4.90 Å². The molecule has 1 heterocycles. The van der Waals surface area contributed by atoms with Gasteiger partial charge in [-0.25, -0.2) is 9.69 Å². The highest BCUT2D eigenvalue weighted by molar-refractivity contribution is 9.11. The van der Waals surface area contributed by atoms with Crippen molar-refractivity contribution in [2.24, 2.45) is 10.9 Å². The smallest absolute Gasteiger partial charge is 0.273 e.